The predicted octanol–water partition coefficient (Wildman–Crippen LogP) is 11.3. The van der Waals surface area contributed by atoms with Gasteiger partial charge in [0.1, 0.15) is 6.61 Å². The van der Waals surface area contributed by atoms with Crippen LogP contribution in [0, 0.1) is 5.92 Å². The molecule has 6 nitrogen and oxygen atoms in total. The molecule has 0 saturated carbocycles. The number of aliphatic hydroxyl groups excluding tert-OH is 1. The monoisotopic (exact) mass is 675 g/mol. The molecule has 1 rings (SSSR count). The van der Waals surface area contributed by atoms with Crippen LogP contribution in [0.5, 0.6) is 0 Å². The average Bonchev–Trinajstić information content (AvgIpc) is 3.82. The zero-order chi connectivity index (χ0) is 34.9. The number of ether oxygens (including phenoxy) is 3. The van der Waals surface area contributed by atoms with Gasteiger partial charge in [0.15, 0.2) is 6.10 Å². The van der Waals surface area contributed by atoms with E-state index < -0.39 is 6.10 Å². The Hall–Kier alpha value is -1.92. The van der Waals surface area contributed by atoms with E-state index in [-0.39, 0.29) is 31.6 Å². The number of esters is 2. The zero-order valence-electron chi connectivity index (χ0n) is 31.4. The molecule has 1 fully saturated rings. The predicted molar refractivity (Wildman–Crippen MR) is 200 cm³/mol. The molecule has 3 atom stereocenters. The highest BCUT2D eigenvalue weighted by molar-refractivity contribution is 5.70. The Morgan fingerprint density at radius 2 is 1.23 bits per heavy atom. The van der Waals surface area contributed by atoms with Crippen LogP contribution in [0.4, 0.5) is 0 Å². The van der Waals surface area contributed by atoms with Gasteiger partial charge in [0, 0.05) is 12.8 Å². The highest BCUT2D eigenvalue weighted by atomic mass is 16.6. The van der Waals surface area contributed by atoms with Crippen molar-refractivity contribution in [3.63, 3.8) is 0 Å². The van der Waals surface area contributed by atoms with Crippen LogP contribution in [0.15, 0.2) is 36.5 Å². The van der Waals surface area contributed by atoms with Gasteiger partial charge >= 0.3 is 11.9 Å². The molecule has 0 aromatic heterocycles. The molecule has 0 aromatic carbocycles. The number of hydrogen-bond acceptors (Lipinski definition) is 6. The van der Waals surface area contributed by atoms with Crippen LogP contribution in [0.1, 0.15) is 181 Å². The van der Waals surface area contributed by atoms with Crippen LogP contribution in [-0.4, -0.2) is 48.6 Å². The van der Waals surface area contributed by atoms with E-state index in [0.717, 1.165) is 50.9 Å². The lowest BCUT2D eigenvalue weighted by atomic mass is 10.0. The summed E-state index contributed by atoms with van der Waals surface area (Å²) < 4.78 is 16.3. The van der Waals surface area contributed by atoms with Crippen molar-refractivity contribution in [1.29, 1.82) is 0 Å². The first kappa shape index (κ1) is 44.1. The molecule has 278 valence electrons. The maximum Gasteiger partial charge on any atom is 0.306 e. The molecule has 0 aromatic rings. The van der Waals surface area contributed by atoms with E-state index in [1.807, 2.05) is 0 Å². The molecule has 0 aliphatic carbocycles. The van der Waals surface area contributed by atoms with Crippen molar-refractivity contribution in [3.8, 4) is 0 Å². The van der Waals surface area contributed by atoms with Gasteiger partial charge in [-0.15, -0.1) is 0 Å². The molecule has 6 heteroatoms. The number of aliphatic hydroxyl groups is 1. The van der Waals surface area contributed by atoms with Gasteiger partial charge in [-0.2, -0.15) is 0 Å². The lowest BCUT2D eigenvalue weighted by Crippen LogP contribution is -2.28. The Morgan fingerprint density at radius 1 is 0.667 bits per heavy atom. The largest absolute Gasteiger partial charge is 0.462 e. The maximum atomic E-state index is 12.2. The summed E-state index contributed by atoms with van der Waals surface area (Å²) in [6.07, 6.45) is 41.0. The Bertz CT molecular complexity index is 847. The smallest absolute Gasteiger partial charge is 0.306 e. The fourth-order valence-corrected chi connectivity index (χ4v) is 5.88. The minimum absolute atomic E-state index is 0.0889. The van der Waals surface area contributed by atoms with E-state index in [1.54, 1.807) is 0 Å². The first-order valence-electron chi connectivity index (χ1n) is 20.0. The number of carbonyl (C=O) groups excluding carboxylic acids is 2. The number of allylic oxidation sites excluding steroid dienone is 5. The van der Waals surface area contributed by atoms with Gasteiger partial charge in [0.25, 0.3) is 0 Å². The summed E-state index contributed by atoms with van der Waals surface area (Å²) in [4.78, 5) is 24.2. The van der Waals surface area contributed by atoms with Gasteiger partial charge in [-0.3, -0.25) is 9.59 Å². The lowest BCUT2D eigenvalue weighted by Gasteiger charge is -2.15. The number of hydrogen-bond donors (Lipinski definition) is 1. The number of unbranched alkanes of at least 4 members (excludes halogenated alkanes) is 15. The van der Waals surface area contributed by atoms with Crippen LogP contribution >= 0.6 is 0 Å². The van der Waals surface area contributed by atoms with Crippen molar-refractivity contribution in [2.24, 2.45) is 5.92 Å². The Balaban J connectivity index is 1.91. The topological polar surface area (TPSA) is 85.4 Å². The average molecular weight is 675 g/mol. The van der Waals surface area contributed by atoms with E-state index in [1.165, 1.54) is 96.3 Å². The second-order valence-corrected chi connectivity index (χ2v) is 14.2. The van der Waals surface area contributed by atoms with E-state index in [2.05, 4.69) is 57.2 Å². The maximum absolute atomic E-state index is 12.2. The van der Waals surface area contributed by atoms with Crippen molar-refractivity contribution in [2.75, 3.05) is 13.2 Å². The molecule has 1 saturated heterocycles. The molecular weight excluding hydrogens is 600 g/mol. The Labute approximate surface area is 295 Å². The molecule has 1 N–H and O–H groups in total. The third-order valence-electron chi connectivity index (χ3n) is 9.04. The van der Waals surface area contributed by atoms with E-state index >= 15 is 0 Å². The van der Waals surface area contributed by atoms with Crippen LogP contribution in [0.25, 0.3) is 0 Å². The summed E-state index contributed by atoms with van der Waals surface area (Å²) in [5, 5.41) is 9.55. The van der Waals surface area contributed by atoms with Gasteiger partial charge in [0.05, 0.1) is 18.8 Å². The summed E-state index contributed by atoms with van der Waals surface area (Å²) >= 11 is 0. The normalized spacial score (nSPS) is 16.9. The van der Waals surface area contributed by atoms with Crippen molar-refractivity contribution in [2.45, 2.75) is 200 Å². The fraction of sp³-hybridized carbons (Fsp3) is 0.810. The standard InChI is InChI=1S/C42H74O6/c1-4-5-25-31-39-40(48-39)32-27-22-18-14-11-12-16-20-24-29-34-42(45)47-38(35-43)36-46-41(44)33-28-23-19-15-10-8-6-7-9-13-17-21-26-30-37(2)3/h11,14,16,20,22,27,37-40,43H,4-10,12-13,15,17-19,21,23-26,28-36H2,1-3H3/b14-11-,20-16-,27-22-/t38-,39?,40?/m0/s1. The van der Waals surface area contributed by atoms with Crippen LogP contribution in [0.3, 0.4) is 0 Å². The van der Waals surface area contributed by atoms with Crippen molar-refractivity contribution >= 4 is 11.9 Å². The molecule has 48 heavy (non-hydrogen) atoms. The first-order valence-corrected chi connectivity index (χ1v) is 20.0. The van der Waals surface area contributed by atoms with Gasteiger partial charge in [-0.05, 0) is 50.9 Å². The minimum atomic E-state index is -0.801. The minimum Gasteiger partial charge on any atom is -0.462 e. The molecule has 0 radical (unpaired) electrons. The molecule has 1 aliphatic heterocycles. The van der Waals surface area contributed by atoms with Crippen molar-refractivity contribution < 1.29 is 28.9 Å². The molecule has 2 unspecified atom stereocenters. The zero-order valence-corrected chi connectivity index (χ0v) is 31.4. The highest BCUT2D eigenvalue weighted by Crippen LogP contribution is 2.30. The van der Waals surface area contributed by atoms with Gasteiger partial charge in [-0.1, -0.05) is 160 Å². The van der Waals surface area contributed by atoms with Crippen LogP contribution in [-0.2, 0) is 23.8 Å². The van der Waals surface area contributed by atoms with Gasteiger partial charge < -0.3 is 19.3 Å². The molecule has 0 bridgehead atoms. The second kappa shape index (κ2) is 32.3. The molecule has 0 amide bonds. The van der Waals surface area contributed by atoms with E-state index in [4.69, 9.17) is 14.2 Å². The van der Waals surface area contributed by atoms with Crippen LogP contribution in [0.2, 0.25) is 0 Å². The Morgan fingerprint density at radius 3 is 1.83 bits per heavy atom. The van der Waals surface area contributed by atoms with E-state index in [0.29, 0.717) is 25.0 Å². The van der Waals surface area contributed by atoms with Gasteiger partial charge in [-0.25, -0.2) is 0 Å². The fourth-order valence-electron chi connectivity index (χ4n) is 5.88. The summed E-state index contributed by atoms with van der Waals surface area (Å²) in [6.45, 7) is 6.41. The van der Waals surface area contributed by atoms with Crippen molar-refractivity contribution in [3.05, 3.63) is 36.5 Å². The third-order valence-corrected chi connectivity index (χ3v) is 9.04. The third kappa shape index (κ3) is 29.0. The summed E-state index contributed by atoms with van der Waals surface area (Å²) in [7, 11) is 0. The van der Waals surface area contributed by atoms with E-state index in [9.17, 15) is 14.7 Å². The quantitative estimate of drug-likeness (QED) is 0.0316. The number of epoxide rings is 1. The lowest BCUT2D eigenvalue weighted by molar-refractivity contribution is -0.161. The summed E-state index contributed by atoms with van der Waals surface area (Å²) in [5.74, 6) is 0.184. The second-order valence-electron chi connectivity index (χ2n) is 14.2. The Kier molecular flexibility index (Phi) is 29.7. The molecule has 0 spiro atoms. The number of rotatable bonds is 34. The molecule has 1 heterocycles. The summed E-state index contributed by atoms with van der Waals surface area (Å²) in [5.41, 5.74) is 0. The van der Waals surface area contributed by atoms with Crippen molar-refractivity contribution in [1.82, 2.24) is 0 Å². The number of carbonyl (C=O) groups is 2. The first-order chi connectivity index (χ1) is 23.5. The molecular formula is C42H74O6. The summed E-state index contributed by atoms with van der Waals surface area (Å²) in [6, 6.07) is 0. The van der Waals surface area contributed by atoms with Gasteiger partial charge in [0.2, 0.25) is 0 Å². The SMILES string of the molecule is CCCCCC1OC1C/C=C\C/C=C\C/C=C\CCCC(=O)O[C@@H](CO)COC(=O)CCCCCCCCCCCCCCCC(C)C. The van der Waals surface area contributed by atoms with Crippen LogP contribution < -0.4 is 0 Å². The highest BCUT2D eigenvalue weighted by Gasteiger charge is 2.36. The molecule has 1 aliphatic rings.